The normalized spacial score (nSPS) is 13.9. The van der Waals surface area contributed by atoms with Crippen molar-refractivity contribution in [3.63, 3.8) is 0 Å². The fourth-order valence-electron chi connectivity index (χ4n) is 1.58. The summed E-state index contributed by atoms with van der Waals surface area (Å²) in [4.78, 5) is 12.0. The van der Waals surface area contributed by atoms with Gasteiger partial charge in [0.25, 0.3) is 0 Å². The molecule has 0 bridgehead atoms. The molecule has 0 N–H and O–H groups in total. The number of aromatic nitrogens is 3. The summed E-state index contributed by atoms with van der Waals surface area (Å²) in [6.07, 6.45) is 7.53. The zero-order valence-electron chi connectivity index (χ0n) is 7.34. The maximum Gasteiger partial charge on any atom is 0.159 e. The van der Waals surface area contributed by atoms with Gasteiger partial charge in [0.1, 0.15) is 18.4 Å². The summed E-state index contributed by atoms with van der Waals surface area (Å²) in [5.74, 6) is 1.65. The molecule has 4 nitrogen and oxygen atoms in total. The molecule has 0 unspecified atom stereocenters. The molecule has 0 radical (unpaired) electrons. The van der Waals surface area contributed by atoms with E-state index >= 15 is 0 Å². The standard InChI is InChI=1S/C10H7N3O/c1-2-14-9-4-8(3-7(1)9)10-12-5-11-6-13-10/h1-2,4-6H,3H2. The molecular formula is C10H7N3O. The largest absolute Gasteiger partial charge is 0.465 e. The van der Waals surface area contributed by atoms with E-state index in [1.807, 2.05) is 12.1 Å². The van der Waals surface area contributed by atoms with Gasteiger partial charge < -0.3 is 4.42 Å². The maximum absolute atomic E-state index is 5.28. The minimum atomic E-state index is 0.728. The number of furan rings is 1. The first-order chi connectivity index (χ1) is 6.93. The Hall–Kier alpha value is -1.97. The molecule has 0 atom stereocenters. The average Bonchev–Trinajstić information content (AvgIpc) is 2.78. The zero-order chi connectivity index (χ0) is 9.38. The van der Waals surface area contributed by atoms with E-state index in [-0.39, 0.29) is 0 Å². The van der Waals surface area contributed by atoms with Gasteiger partial charge in [-0.1, -0.05) is 0 Å². The highest BCUT2D eigenvalue weighted by Gasteiger charge is 2.17. The van der Waals surface area contributed by atoms with Crippen LogP contribution in [-0.2, 0) is 6.42 Å². The lowest BCUT2D eigenvalue weighted by Gasteiger charge is -1.96. The van der Waals surface area contributed by atoms with E-state index in [1.165, 1.54) is 18.2 Å². The Morgan fingerprint density at radius 3 is 2.86 bits per heavy atom. The van der Waals surface area contributed by atoms with Gasteiger partial charge in [-0.3, -0.25) is 0 Å². The second-order valence-electron chi connectivity index (χ2n) is 3.12. The van der Waals surface area contributed by atoms with Crippen molar-refractivity contribution in [3.8, 4) is 0 Å². The van der Waals surface area contributed by atoms with Gasteiger partial charge in [-0.2, -0.15) is 0 Å². The number of fused-ring (bicyclic) bond motifs is 1. The smallest absolute Gasteiger partial charge is 0.159 e. The predicted molar refractivity (Wildman–Crippen MR) is 50.1 cm³/mol. The second-order valence-corrected chi connectivity index (χ2v) is 3.12. The van der Waals surface area contributed by atoms with E-state index in [0.29, 0.717) is 0 Å². The van der Waals surface area contributed by atoms with Crippen molar-refractivity contribution in [1.82, 2.24) is 15.0 Å². The lowest BCUT2D eigenvalue weighted by atomic mass is 10.2. The molecule has 14 heavy (non-hydrogen) atoms. The van der Waals surface area contributed by atoms with Crippen LogP contribution >= 0.6 is 0 Å². The lowest BCUT2D eigenvalue weighted by Crippen LogP contribution is -1.93. The maximum atomic E-state index is 5.28. The van der Waals surface area contributed by atoms with Gasteiger partial charge in [0.2, 0.25) is 0 Å². The van der Waals surface area contributed by atoms with Crippen molar-refractivity contribution in [2.45, 2.75) is 6.42 Å². The third-order valence-corrected chi connectivity index (χ3v) is 2.25. The van der Waals surface area contributed by atoms with E-state index in [4.69, 9.17) is 4.42 Å². The number of nitrogens with zero attached hydrogens (tertiary/aromatic N) is 3. The van der Waals surface area contributed by atoms with Crippen LogP contribution in [0.1, 0.15) is 17.1 Å². The van der Waals surface area contributed by atoms with Crippen molar-refractivity contribution in [1.29, 1.82) is 0 Å². The van der Waals surface area contributed by atoms with Crippen molar-refractivity contribution in [2.75, 3.05) is 0 Å². The SMILES string of the molecule is C1=C(c2ncncn2)Cc2ccoc21. The molecule has 2 heterocycles. The van der Waals surface area contributed by atoms with Crippen LogP contribution in [0.15, 0.2) is 29.4 Å². The van der Waals surface area contributed by atoms with Crippen LogP contribution in [0, 0.1) is 0 Å². The monoisotopic (exact) mass is 185 g/mol. The van der Waals surface area contributed by atoms with Crippen LogP contribution in [0.5, 0.6) is 0 Å². The second kappa shape index (κ2) is 2.77. The Morgan fingerprint density at radius 2 is 2.07 bits per heavy atom. The van der Waals surface area contributed by atoms with Gasteiger partial charge in [-0.05, 0) is 12.1 Å². The molecule has 1 aliphatic carbocycles. The molecule has 0 saturated carbocycles. The van der Waals surface area contributed by atoms with E-state index in [1.54, 1.807) is 6.26 Å². The summed E-state index contributed by atoms with van der Waals surface area (Å²) in [6.45, 7) is 0. The Kier molecular flexibility index (Phi) is 1.47. The molecule has 0 spiro atoms. The van der Waals surface area contributed by atoms with Crippen molar-refractivity contribution < 1.29 is 4.42 Å². The quantitative estimate of drug-likeness (QED) is 0.676. The van der Waals surface area contributed by atoms with Gasteiger partial charge in [0.15, 0.2) is 5.82 Å². The fraction of sp³-hybridized carbons (Fsp3) is 0.100. The Balaban J connectivity index is 2.02. The van der Waals surface area contributed by atoms with Gasteiger partial charge >= 0.3 is 0 Å². The Morgan fingerprint density at radius 1 is 1.21 bits per heavy atom. The summed E-state index contributed by atoms with van der Waals surface area (Å²) in [5.41, 5.74) is 2.28. The molecule has 0 aliphatic heterocycles. The summed E-state index contributed by atoms with van der Waals surface area (Å²) in [5, 5.41) is 0. The molecule has 0 aromatic carbocycles. The molecule has 0 amide bonds. The molecule has 2 aromatic rings. The minimum absolute atomic E-state index is 0.728. The summed E-state index contributed by atoms with van der Waals surface area (Å²) in [7, 11) is 0. The number of hydrogen-bond donors (Lipinski definition) is 0. The summed E-state index contributed by atoms with van der Waals surface area (Å²) in [6, 6.07) is 1.97. The topological polar surface area (TPSA) is 51.8 Å². The van der Waals surface area contributed by atoms with Crippen LogP contribution in [-0.4, -0.2) is 15.0 Å². The molecule has 0 saturated heterocycles. The molecule has 1 aliphatic rings. The van der Waals surface area contributed by atoms with Crippen LogP contribution in [0.25, 0.3) is 11.6 Å². The van der Waals surface area contributed by atoms with E-state index in [9.17, 15) is 0 Å². The molecular weight excluding hydrogens is 178 g/mol. The Labute approximate surface area is 80.3 Å². The first kappa shape index (κ1) is 7.44. The minimum Gasteiger partial charge on any atom is -0.465 e. The fourth-order valence-corrected chi connectivity index (χ4v) is 1.58. The van der Waals surface area contributed by atoms with E-state index in [2.05, 4.69) is 15.0 Å². The van der Waals surface area contributed by atoms with Gasteiger partial charge in [0, 0.05) is 17.6 Å². The van der Waals surface area contributed by atoms with Crippen molar-refractivity contribution >= 4 is 11.6 Å². The van der Waals surface area contributed by atoms with Crippen molar-refractivity contribution in [3.05, 3.63) is 42.1 Å². The molecule has 0 fully saturated rings. The number of allylic oxidation sites excluding steroid dienone is 1. The molecule has 68 valence electrons. The summed E-state index contributed by atoms with van der Waals surface area (Å²) < 4.78 is 5.28. The first-order valence-corrected chi connectivity index (χ1v) is 4.33. The van der Waals surface area contributed by atoms with E-state index < -0.39 is 0 Å². The van der Waals surface area contributed by atoms with Crippen LogP contribution in [0.3, 0.4) is 0 Å². The number of hydrogen-bond acceptors (Lipinski definition) is 4. The van der Waals surface area contributed by atoms with Crippen molar-refractivity contribution in [2.24, 2.45) is 0 Å². The zero-order valence-corrected chi connectivity index (χ0v) is 7.34. The molecule has 4 heteroatoms. The van der Waals surface area contributed by atoms with Gasteiger partial charge in [0.05, 0.1) is 6.26 Å². The lowest BCUT2D eigenvalue weighted by molar-refractivity contribution is 0.556. The van der Waals surface area contributed by atoms with Gasteiger partial charge in [-0.25, -0.2) is 15.0 Å². The van der Waals surface area contributed by atoms with Crippen LogP contribution in [0.4, 0.5) is 0 Å². The van der Waals surface area contributed by atoms with Gasteiger partial charge in [-0.15, -0.1) is 0 Å². The summed E-state index contributed by atoms with van der Waals surface area (Å²) >= 11 is 0. The highest BCUT2D eigenvalue weighted by atomic mass is 16.3. The van der Waals surface area contributed by atoms with Crippen LogP contribution < -0.4 is 0 Å². The van der Waals surface area contributed by atoms with Crippen LogP contribution in [0.2, 0.25) is 0 Å². The highest BCUT2D eigenvalue weighted by Crippen LogP contribution is 2.29. The molecule has 3 rings (SSSR count). The first-order valence-electron chi connectivity index (χ1n) is 4.33. The third kappa shape index (κ3) is 1.04. The number of rotatable bonds is 1. The Bertz CT molecular complexity index is 487. The predicted octanol–water partition coefficient (Wildman–Crippen LogP) is 1.56. The highest BCUT2D eigenvalue weighted by molar-refractivity contribution is 5.84. The van der Waals surface area contributed by atoms with E-state index in [0.717, 1.165) is 23.6 Å². The molecule has 2 aromatic heterocycles. The average molecular weight is 185 g/mol. The third-order valence-electron chi connectivity index (χ3n) is 2.25.